The maximum atomic E-state index is 14.5. The molecule has 3 aliphatic carbocycles. The average Bonchev–Trinajstić information content (AvgIpc) is 1.59. The van der Waals surface area contributed by atoms with E-state index in [0.717, 1.165) is 12.7 Å². The summed E-state index contributed by atoms with van der Waals surface area (Å²) in [6.45, 7) is 6.50. The van der Waals surface area contributed by atoms with Gasteiger partial charge in [0, 0.05) is 87.9 Å². The number of sulfonamides is 3. The number of rotatable bonds is 23. The summed E-state index contributed by atoms with van der Waals surface area (Å²) in [5.41, 5.74) is 4.73. The van der Waals surface area contributed by atoms with Crippen LogP contribution in [0.15, 0.2) is 87.2 Å². The Morgan fingerprint density at radius 1 is 0.558 bits per heavy atom. The second-order valence-electron chi connectivity index (χ2n) is 22.3. The molecule has 0 aliphatic heterocycles. The number of aryl methyl sites for hydroxylation is 4. The molecule has 0 spiro atoms. The summed E-state index contributed by atoms with van der Waals surface area (Å²) in [5.74, 6) is -1.21. The van der Waals surface area contributed by atoms with Crippen molar-refractivity contribution in [2.24, 2.45) is 21.1 Å². The Bertz CT molecular complexity index is 4070. The predicted molar refractivity (Wildman–Crippen MR) is 345 cm³/mol. The first-order chi connectivity index (χ1) is 40.4. The third-order valence-electron chi connectivity index (χ3n) is 16.1. The van der Waals surface area contributed by atoms with Gasteiger partial charge in [0.1, 0.15) is 17.5 Å². The molecule has 3 heterocycles. The first-order valence-corrected chi connectivity index (χ1v) is 34.8. The number of aliphatic hydroxyl groups excluding tert-OH is 3. The molecule has 26 heteroatoms. The van der Waals surface area contributed by atoms with E-state index in [9.17, 15) is 63.0 Å². The smallest absolute Gasteiger partial charge is 0.253 e. The Kier molecular flexibility index (Phi) is 22.1. The molecule has 9 rings (SSSR count). The molecule has 6 aromatic rings. The van der Waals surface area contributed by atoms with E-state index in [1.54, 1.807) is 83.5 Å². The fourth-order valence-electron chi connectivity index (χ4n) is 10.2. The molecule has 0 amide bonds. The normalized spacial score (nSPS) is 15.4. The number of nitrogens with one attached hydrogen (secondary N) is 3. The molecular weight excluding hydrogens is 1400 g/mol. The van der Waals surface area contributed by atoms with E-state index in [1.165, 1.54) is 38.0 Å². The van der Waals surface area contributed by atoms with Crippen LogP contribution in [0.4, 0.5) is 30.2 Å². The summed E-state index contributed by atoms with van der Waals surface area (Å²) in [6.07, 6.45) is 3.52. The molecule has 3 aromatic heterocycles. The van der Waals surface area contributed by atoms with E-state index in [4.69, 9.17) is 5.11 Å². The molecule has 0 bridgehead atoms. The highest BCUT2D eigenvalue weighted by molar-refractivity contribution is 14.1. The van der Waals surface area contributed by atoms with Crippen molar-refractivity contribution in [3.8, 4) is 0 Å². The molecule has 3 saturated carbocycles. The van der Waals surface area contributed by atoms with E-state index < -0.39 is 63.9 Å². The molecule has 0 saturated heterocycles. The van der Waals surface area contributed by atoms with Crippen LogP contribution < -0.4 is 30.8 Å². The first-order valence-electron chi connectivity index (χ1n) is 28.1. The number of benzene rings is 3. The second-order valence-corrected chi connectivity index (χ2v) is 30.9. The van der Waals surface area contributed by atoms with Gasteiger partial charge in [-0.3, -0.25) is 28.5 Å². The molecule has 3 aliphatic rings. The monoisotopic (exact) mass is 1480 g/mol. The first kappa shape index (κ1) is 68.4. The van der Waals surface area contributed by atoms with Crippen LogP contribution >= 0.6 is 45.2 Å². The third kappa shape index (κ3) is 15.6. The highest BCUT2D eigenvalue weighted by Crippen LogP contribution is 2.49. The average molecular weight is 1480 g/mol. The van der Waals surface area contributed by atoms with Gasteiger partial charge < -0.3 is 29.0 Å². The Morgan fingerprint density at radius 3 is 1.24 bits per heavy atom. The second kappa shape index (κ2) is 27.7. The molecule has 18 nitrogen and oxygen atoms in total. The van der Waals surface area contributed by atoms with Gasteiger partial charge in [-0.25, -0.2) is 38.4 Å². The number of aromatic nitrogens is 3. The molecule has 86 heavy (non-hydrogen) atoms. The zero-order chi connectivity index (χ0) is 63.4. The lowest BCUT2D eigenvalue weighted by Crippen LogP contribution is -2.35. The zero-order valence-electron chi connectivity index (χ0n) is 48.9. The molecule has 3 fully saturated rings. The lowest BCUT2D eigenvalue weighted by molar-refractivity contribution is 0.0858. The summed E-state index contributed by atoms with van der Waals surface area (Å²) >= 11 is 4.04. The number of nitrogens with zero attached hydrogens (tertiary/aromatic N) is 3. The van der Waals surface area contributed by atoms with Crippen LogP contribution in [0.2, 0.25) is 0 Å². The molecule has 0 radical (unpaired) electrons. The minimum Gasteiger partial charge on any atom is -0.396 e. The van der Waals surface area contributed by atoms with Gasteiger partial charge in [0.15, 0.2) is 0 Å². The summed E-state index contributed by atoms with van der Waals surface area (Å²) in [4.78, 5) is 37.8. The van der Waals surface area contributed by atoms with Crippen molar-refractivity contribution >= 4 is 92.3 Å². The lowest BCUT2D eigenvalue weighted by atomic mass is 10.0. The van der Waals surface area contributed by atoms with E-state index in [0.29, 0.717) is 114 Å². The molecule has 3 aromatic carbocycles. The molecule has 0 unspecified atom stereocenters. The minimum atomic E-state index is -3.92. The van der Waals surface area contributed by atoms with Crippen molar-refractivity contribution < 1.29 is 53.7 Å². The van der Waals surface area contributed by atoms with Gasteiger partial charge in [0.05, 0.1) is 44.5 Å². The highest BCUT2D eigenvalue weighted by atomic mass is 127. The number of pyridine rings is 3. The molecule has 468 valence electrons. The van der Waals surface area contributed by atoms with E-state index in [1.807, 2.05) is 59.0 Å². The number of aliphatic hydroxyl groups is 3. The Hall–Kier alpha value is -5.11. The van der Waals surface area contributed by atoms with Gasteiger partial charge in [-0.15, -0.1) is 0 Å². The molecule has 6 N–H and O–H groups in total. The third-order valence-corrected chi connectivity index (χ3v) is 23.8. The fraction of sp³-hybridized carbons (Fsp3) is 0.450. The topological polar surface area (TPSA) is 265 Å². The largest absolute Gasteiger partial charge is 0.396 e. The van der Waals surface area contributed by atoms with Gasteiger partial charge in [-0.05, 0) is 194 Å². The lowest BCUT2D eigenvalue weighted by Gasteiger charge is -2.23. The quantitative estimate of drug-likeness (QED) is 0.0332. The maximum absolute atomic E-state index is 14.5. The number of hydrogen-bond acceptors (Lipinski definition) is 12. The van der Waals surface area contributed by atoms with Crippen LogP contribution in [0.1, 0.15) is 128 Å². The van der Waals surface area contributed by atoms with Crippen molar-refractivity contribution in [2.75, 3.05) is 27.4 Å². The maximum Gasteiger partial charge on any atom is 0.253 e. The van der Waals surface area contributed by atoms with Gasteiger partial charge in [0.25, 0.3) is 16.7 Å². The van der Waals surface area contributed by atoms with Crippen molar-refractivity contribution in [1.29, 1.82) is 0 Å². The Balaban J connectivity index is 0.000000185. The number of anilines is 3. The Morgan fingerprint density at radius 2 is 0.919 bits per heavy atom. The van der Waals surface area contributed by atoms with Crippen molar-refractivity contribution in [1.82, 2.24) is 13.7 Å². The number of halogens is 5. The van der Waals surface area contributed by atoms with Crippen LogP contribution in [0, 0.1) is 31.5 Å². The van der Waals surface area contributed by atoms with Crippen molar-refractivity contribution in [3.63, 3.8) is 0 Å². The van der Waals surface area contributed by atoms with Gasteiger partial charge >= 0.3 is 0 Å². The van der Waals surface area contributed by atoms with E-state index in [2.05, 4.69) is 14.2 Å². The van der Waals surface area contributed by atoms with Crippen LogP contribution in [0.3, 0.4) is 0 Å². The van der Waals surface area contributed by atoms with Crippen LogP contribution in [0.5, 0.6) is 0 Å². The molecule has 1 atom stereocenters. The number of hydrogen-bond donors (Lipinski definition) is 6. The van der Waals surface area contributed by atoms with Crippen LogP contribution in [-0.4, -0.2) is 88.3 Å². The van der Waals surface area contributed by atoms with Gasteiger partial charge in [0.2, 0.25) is 30.1 Å². The highest BCUT2D eigenvalue weighted by Gasteiger charge is 2.56. The summed E-state index contributed by atoms with van der Waals surface area (Å²) in [5, 5.41) is 27.8. The standard InChI is InChI=1S/C22H29FN2O5S.C20H24FIN2O4S.C18H20FIN2O3S/c1-4-15-10-19(24-31(29,30)22(7-8-22)12-17(27)13-26)20(25(3)21(15)28)11-16-6-5-14(2)9-18(16)23;1-3-13-10-17(23-29(27,28)20(6-7-20)8-9-25)18(24(2)19(13)26)11-14-4-5-15(22)12-16(14)21;1-3-11-8-16(21-26(24,25)14-6-7-14)17(22(2)18(11)23)9-12-4-5-13(20)10-15(12)19/h5-6,9-10,17,24,26-27H,4,7-8,11-13H2,1-3H3;4-5,10,12,23,25H,3,6-9,11H2,1-2H3;4-5,8,10,14,21H,3,6-7,9H2,1-2H3/t17-;;/m0../s1. The Labute approximate surface area is 527 Å². The summed E-state index contributed by atoms with van der Waals surface area (Å²) < 4.78 is 132. The predicted octanol–water partition coefficient (Wildman–Crippen LogP) is 8.13. The van der Waals surface area contributed by atoms with Crippen molar-refractivity contribution in [2.45, 2.75) is 138 Å². The van der Waals surface area contributed by atoms with Gasteiger partial charge in [-0.1, -0.05) is 45.0 Å². The van der Waals surface area contributed by atoms with Crippen LogP contribution in [-0.2, 0) is 89.7 Å². The molecular formula is C60H73F3I2N6O12S3. The van der Waals surface area contributed by atoms with E-state index in [-0.39, 0.29) is 77.8 Å². The summed E-state index contributed by atoms with van der Waals surface area (Å²) in [7, 11) is -6.47. The minimum absolute atomic E-state index is 0.0337. The van der Waals surface area contributed by atoms with Gasteiger partial charge in [-0.2, -0.15) is 0 Å². The fourth-order valence-corrected chi connectivity index (χ4v) is 15.9. The van der Waals surface area contributed by atoms with E-state index >= 15 is 0 Å². The summed E-state index contributed by atoms with van der Waals surface area (Å²) in [6, 6.07) is 19.1. The van der Waals surface area contributed by atoms with Crippen LogP contribution in [0.25, 0.3) is 0 Å². The zero-order valence-corrected chi connectivity index (χ0v) is 55.6. The SMILES string of the molecule is CCc1cc(NS(=O)(=O)C2(CCO)CC2)c(Cc2ccc(I)cc2F)n(C)c1=O.CCc1cc(NS(=O)(=O)C2(C[C@H](O)CO)CC2)c(Cc2ccc(C)cc2F)n(C)c1=O.CCc1cc(NS(=O)(=O)C2CC2)c(Cc2ccc(I)cc2F)n(C)c1=O. The van der Waals surface area contributed by atoms with Crippen molar-refractivity contribution in [3.05, 3.63) is 184 Å².